The summed E-state index contributed by atoms with van der Waals surface area (Å²) in [4.78, 5) is 14.5. The van der Waals surface area contributed by atoms with E-state index in [9.17, 15) is 18.0 Å². The molecule has 1 heterocycles. The molecule has 1 fully saturated rings. The number of carbonyl (C=O) groups is 1. The van der Waals surface area contributed by atoms with Crippen molar-refractivity contribution in [3.05, 3.63) is 71.3 Å². The van der Waals surface area contributed by atoms with E-state index in [1.165, 1.54) is 24.3 Å². The molecule has 1 aliphatic heterocycles. The number of morpholine rings is 1. The first-order chi connectivity index (χ1) is 12.4. The van der Waals surface area contributed by atoms with Crippen LogP contribution in [0.3, 0.4) is 0 Å². The van der Waals surface area contributed by atoms with Gasteiger partial charge < -0.3 is 9.64 Å². The first-order valence-electron chi connectivity index (χ1n) is 8.26. The van der Waals surface area contributed by atoms with Crippen molar-refractivity contribution >= 4 is 17.5 Å². The van der Waals surface area contributed by atoms with E-state index in [4.69, 9.17) is 4.74 Å². The molecule has 1 aliphatic rings. The third kappa shape index (κ3) is 4.52. The van der Waals surface area contributed by atoms with Gasteiger partial charge in [-0.15, -0.1) is 0 Å². The van der Waals surface area contributed by atoms with Crippen LogP contribution in [-0.4, -0.2) is 32.1 Å². The molecule has 2 aromatic rings. The number of allylic oxidation sites excluding steroid dienone is 1. The number of rotatable bonds is 4. The van der Waals surface area contributed by atoms with Gasteiger partial charge in [0.1, 0.15) is 0 Å². The number of hydrogen-bond acceptors (Lipinski definition) is 3. The minimum Gasteiger partial charge on any atom is -0.378 e. The predicted octanol–water partition coefficient (Wildman–Crippen LogP) is 4.44. The molecular formula is C20H18F3NO2. The maximum absolute atomic E-state index is 12.7. The highest BCUT2D eigenvalue weighted by Crippen LogP contribution is 2.29. The molecule has 3 nitrogen and oxygen atoms in total. The smallest absolute Gasteiger partial charge is 0.378 e. The second-order valence-electron chi connectivity index (χ2n) is 5.97. The summed E-state index contributed by atoms with van der Waals surface area (Å²) in [6, 6.07) is 12.1. The first kappa shape index (κ1) is 18.2. The van der Waals surface area contributed by atoms with Crippen molar-refractivity contribution < 1.29 is 22.7 Å². The van der Waals surface area contributed by atoms with Crippen LogP contribution in [0.15, 0.2) is 54.6 Å². The van der Waals surface area contributed by atoms with Crippen LogP contribution in [0.4, 0.5) is 18.9 Å². The predicted molar refractivity (Wildman–Crippen MR) is 94.3 cm³/mol. The van der Waals surface area contributed by atoms with Crippen molar-refractivity contribution in [2.24, 2.45) is 0 Å². The van der Waals surface area contributed by atoms with E-state index < -0.39 is 11.7 Å². The summed E-state index contributed by atoms with van der Waals surface area (Å²) in [7, 11) is 0. The minimum absolute atomic E-state index is 0.252. The number of alkyl halides is 3. The lowest BCUT2D eigenvalue weighted by atomic mass is 10.1. The van der Waals surface area contributed by atoms with Gasteiger partial charge in [0.05, 0.1) is 18.8 Å². The van der Waals surface area contributed by atoms with Crippen molar-refractivity contribution in [3.8, 4) is 0 Å². The lowest BCUT2D eigenvalue weighted by Gasteiger charge is -2.29. The minimum atomic E-state index is -4.40. The molecule has 0 amide bonds. The van der Waals surface area contributed by atoms with Crippen molar-refractivity contribution in [2.45, 2.75) is 6.18 Å². The van der Waals surface area contributed by atoms with Crippen molar-refractivity contribution in [1.82, 2.24) is 0 Å². The summed E-state index contributed by atoms with van der Waals surface area (Å²) >= 11 is 0. The molecule has 6 heteroatoms. The van der Waals surface area contributed by atoms with Gasteiger partial charge >= 0.3 is 6.18 Å². The fraction of sp³-hybridized carbons (Fsp3) is 0.250. The summed E-state index contributed by atoms with van der Waals surface area (Å²) in [6.45, 7) is 2.82. The molecule has 0 aromatic heterocycles. The van der Waals surface area contributed by atoms with Gasteiger partial charge in [0.15, 0.2) is 5.78 Å². The highest BCUT2D eigenvalue weighted by atomic mass is 19.4. The first-order valence-corrected chi connectivity index (χ1v) is 8.26. The highest BCUT2D eigenvalue weighted by Gasteiger charge is 2.30. The summed E-state index contributed by atoms with van der Waals surface area (Å²) in [5, 5.41) is 0. The SMILES string of the molecule is O=C(/C=C/c1cccc(C(F)(F)F)c1)c1cccc(N2CCOCC2)c1. The van der Waals surface area contributed by atoms with E-state index in [2.05, 4.69) is 4.90 Å². The Labute approximate surface area is 149 Å². The molecule has 0 N–H and O–H groups in total. The maximum Gasteiger partial charge on any atom is 0.416 e. The third-order valence-electron chi connectivity index (χ3n) is 4.15. The number of halogens is 3. The molecule has 0 aliphatic carbocycles. The van der Waals surface area contributed by atoms with Gasteiger partial charge in [0.25, 0.3) is 0 Å². The van der Waals surface area contributed by atoms with Gasteiger partial charge in [-0.25, -0.2) is 0 Å². The van der Waals surface area contributed by atoms with Gasteiger partial charge in [0.2, 0.25) is 0 Å². The van der Waals surface area contributed by atoms with Crippen molar-refractivity contribution in [2.75, 3.05) is 31.2 Å². The number of ketones is 1. The molecule has 0 unspecified atom stereocenters. The van der Waals surface area contributed by atoms with Gasteiger partial charge in [-0.2, -0.15) is 13.2 Å². The zero-order chi connectivity index (χ0) is 18.6. The number of nitrogens with zero attached hydrogens (tertiary/aromatic N) is 1. The average Bonchev–Trinajstić information content (AvgIpc) is 2.66. The number of hydrogen-bond donors (Lipinski definition) is 0. The Morgan fingerprint density at radius 3 is 2.50 bits per heavy atom. The summed E-state index contributed by atoms with van der Waals surface area (Å²) < 4.78 is 43.6. The summed E-state index contributed by atoms with van der Waals surface area (Å²) in [5.74, 6) is -0.252. The molecule has 0 saturated carbocycles. The van der Waals surface area contributed by atoms with Crippen LogP contribution in [0.1, 0.15) is 21.5 Å². The Bertz CT molecular complexity index is 809. The van der Waals surface area contributed by atoms with Crippen LogP contribution >= 0.6 is 0 Å². The quantitative estimate of drug-likeness (QED) is 0.596. The van der Waals surface area contributed by atoms with E-state index in [0.717, 1.165) is 30.9 Å². The van der Waals surface area contributed by atoms with Crippen LogP contribution in [0, 0.1) is 0 Å². The van der Waals surface area contributed by atoms with Crippen LogP contribution in [0.2, 0.25) is 0 Å². The Kier molecular flexibility index (Phi) is 5.42. The third-order valence-corrected chi connectivity index (χ3v) is 4.15. The van der Waals surface area contributed by atoms with E-state index in [1.54, 1.807) is 18.2 Å². The maximum atomic E-state index is 12.7. The summed E-state index contributed by atoms with van der Waals surface area (Å²) in [5.41, 5.74) is 1.03. The lowest BCUT2D eigenvalue weighted by molar-refractivity contribution is -0.137. The molecule has 3 rings (SSSR count). The van der Waals surface area contributed by atoms with Crippen molar-refractivity contribution in [3.63, 3.8) is 0 Å². The van der Waals surface area contributed by atoms with Crippen LogP contribution in [0.5, 0.6) is 0 Å². The molecule has 0 spiro atoms. The Morgan fingerprint density at radius 1 is 1.04 bits per heavy atom. The van der Waals surface area contributed by atoms with Gasteiger partial charge in [-0.3, -0.25) is 4.79 Å². The number of ether oxygens (including phenoxy) is 1. The Balaban J connectivity index is 1.75. The topological polar surface area (TPSA) is 29.5 Å². The average molecular weight is 361 g/mol. The molecule has 0 radical (unpaired) electrons. The summed E-state index contributed by atoms with van der Waals surface area (Å²) in [6.07, 6.45) is -1.70. The number of benzene rings is 2. The number of carbonyl (C=O) groups excluding carboxylic acids is 1. The Morgan fingerprint density at radius 2 is 1.77 bits per heavy atom. The zero-order valence-corrected chi connectivity index (χ0v) is 14.0. The fourth-order valence-electron chi connectivity index (χ4n) is 2.76. The number of anilines is 1. The molecule has 2 aromatic carbocycles. The Hall–Kier alpha value is -2.60. The fourth-order valence-corrected chi connectivity index (χ4v) is 2.76. The van der Waals surface area contributed by atoms with Crippen LogP contribution in [-0.2, 0) is 10.9 Å². The molecule has 136 valence electrons. The van der Waals surface area contributed by atoms with E-state index >= 15 is 0 Å². The molecule has 0 atom stereocenters. The standard InChI is InChI=1S/C20H18F3NO2/c21-20(22,23)17-5-1-3-15(13-17)7-8-19(25)16-4-2-6-18(14-16)24-9-11-26-12-10-24/h1-8,13-14H,9-12H2/b8-7+. The lowest BCUT2D eigenvalue weighted by Crippen LogP contribution is -2.36. The normalized spacial score (nSPS) is 15.4. The van der Waals surface area contributed by atoms with E-state index in [1.807, 2.05) is 6.07 Å². The van der Waals surface area contributed by atoms with Crippen molar-refractivity contribution in [1.29, 1.82) is 0 Å². The molecule has 0 bridgehead atoms. The highest BCUT2D eigenvalue weighted by molar-refractivity contribution is 6.07. The monoisotopic (exact) mass is 361 g/mol. The molecule has 26 heavy (non-hydrogen) atoms. The van der Waals surface area contributed by atoms with E-state index in [-0.39, 0.29) is 5.78 Å². The van der Waals surface area contributed by atoms with Gasteiger partial charge in [-0.05, 0) is 35.9 Å². The van der Waals surface area contributed by atoms with Gasteiger partial charge in [-0.1, -0.05) is 30.3 Å². The molecular weight excluding hydrogens is 343 g/mol. The van der Waals surface area contributed by atoms with Crippen LogP contribution < -0.4 is 4.90 Å². The zero-order valence-electron chi connectivity index (χ0n) is 14.0. The van der Waals surface area contributed by atoms with Crippen LogP contribution in [0.25, 0.3) is 6.08 Å². The van der Waals surface area contributed by atoms with Gasteiger partial charge in [0, 0.05) is 24.3 Å². The second-order valence-corrected chi connectivity index (χ2v) is 5.97. The largest absolute Gasteiger partial charge is 0.416 e. The molecule has 1 saturated heterocycles. The van der Waals surface area contributed by atoms with E-state index in [0.29, 0.717) is 24.3 Å². The second kappa shape index (κ2) is 7.74.